The Morgan fingerprint density at radius 3 is 2.08 bits per heavy atom. The first-order chi connectivity index (χ1) is 12.3. The van der Waals surface area contributed by atoms with Gasteiger partial charge in [0.05, 0.1) is 0 Å². The average Bonchev–Trinajstić information content (AvgIpc) is 2.64. The van der Waals surface area contributed by atoms with E-state index in [-0.39, 0.29) is 6.29 Å². The third-order valence-electron chi connectivity index (χ3n) is 4.02. The van der Waals surface area contributed by atoms with Gasteiger partial charge in [0.25, 0.3) is 0 Å². The van der Waals surface area contributed by atoms with Crippen LogP contribution in [0.25, 0.3) is 6.08 Å². The molecule has 0 aromatic heterocycles. The number of rotatable bonds is 16. The van der Waals surface area contributed by atoms with Crippen LogP contribution < -0.4 is 10.6 Å². The highest BCUT2D eigenvalue weighted by molar-refractivity contribution is 5.47. The molecule has 0 aliphatic carbocycles. The first-order valence-corrected chi connectivity index (χ1v) is 9.66. The molecule has 1 rings (SSSR count). The molecular formula is C21H36N2O2. The van der Waals surface area contributed by atoms with Crippen molar-refractivity contribution >= 4 is 6.08 Å². The van der Waals surface area contributed by atoms with Gasteiger partial charge in [0.15, 0.2) is 6.29 Å². The first kappa shape index (κ1) is 21.8. The zero-order chi connectivity index (χ0) is 18.2. The molecule has 4 heteroatoms. The van der Waals surface area contributed by atoms with Gasteiger partial charge in [0.2, 0.25) is 0 Å². The lowest BCUT2D eigenvalue weighted by molar-refractivity contribution is -0.132. The number of hydrogen-bond donors (Lipinski definition) is 2. The second kappa shape index (κ2) is 15.1. The van der Waals surface area contributed by atoms with Gasteiger partial charge in [-0.1, -0.05) is 49.8 Å². The van der Waals surface area contributed by atoms with Gasteiger partial charge in [-0.3, -0.25) is 0 Å². The Hall–Kier alpha value is -1.20. The van der Waals surface area contributed by atoms with E-state index in [0.29, 0.717) is 13.2 Å². The standard InChI is InChI=1S/C21H36N2O2/c1-4-19-11-13-20(14-12-19)17-22-15-9-7-8-10-16-23-18-21(24-5-2)25-6-3/h4,11-14,21-23H,1,5-10,15-18H2,2-3H3. The number of unbranched alkanes of at least 4 members (excludes halogenated alkanes) is 3. The maximum absolute atomic E-state index is 5.51. The summed E-state index contributed by atoms with van der Waals surface area (Å²) in [5, 5.41) is 6.93. The third kappa shape index (κ3) is 11.1. The largest absolute Gasteiger partial charge is 0.352 e. The van der Waals surface area contributed by atoms with Crippen molar-refractivity contribution in [3.8, 4) is 0 Å². The van der Waals surface area contributed by atoms with Crippen molar-refractivity contribution in [1.82, 2.24) is 10.6 Å². The van der Waals surface area contributed by atoms with Crippen molar-refractivity contribution in [3.63, 3.8) is 0 Å². The van der Waals surface area contributed by atoms with Gasteiger partial charge < -0.3 is 20.1 Å². The molecule has 0 bridgehead atoms. The first-order valence-electron chi connectivity index (χ1n) is 9.66. The molecule has 0 saturated carbocycles. The summed E-state index contributed by atoms with van der Waals surface area (Å²) in [6, 6.07) is 8.54. The predicted molar refractivity (Wildman–Crippen MR) is 107 cm³/mol. The minimum atomic E-state index is -0.111. The number of hydrogen-bond acceptors (Lipinski definition) is 4. The molecule has 0 aliphatic heterocycles. The van der Waals surface area contributed by atoms with Crippen molar-refractivity contribution < 1.29 is 9.47 Å². The van der Waals surface area contributed by atoms with Gasteiger partial charge in [-0.15, -0.1) is 0 Å². The summed E-state index contributed by atoms with van der Waals surface area (Å²) in [7, 11) is 0. The predicted octanol–water partition coefficient (Wildman–Crippen LogP) is 3.97. The third-order valence-corrected chi connectivity index (χ3v) is 4.02. The van der Waals surface area contributed by atoms with Crippen LogP contribution in [-0.4, -0.2) is 39.1 Å². The van der Waals surface area contributed by atoms with Gasteiger partial charge in [-0.2, -0.15) is 0 Å². The van der Waals surface area contributed by atoms with Gasteiger partial charge in [-0.05, 0) is 50.9 Å². The van der Waals surface area contributed by atoms with Crippen LogP contribution in [0.5, 0.6) is 0 Å². The smallest absolute Gasteiger partial charge is 0.169 e. The van der Waals surface area contributed by atoms with Gasteiger partial charge in [0.1, 0.15) is 0 Å². The second-order valence-corrected chi connectivity index (χ2v) is 6.08. The van der Waals surface area contributed by atoms with Crippen molar-refractivity contribution in [2.45, 2.75) is 52.4 Å². The Bertz CT molecular complexity index is 428. The van der Waals surface area contributed by atoms with Crippen molar-refractivity contribution in [2.24, 2.45) is 0 Å². The molecule has 142 valence electrons. The normalized spacial score (nSPS) is 11.2. The SMILES string of the molecule is C=Cc1ccc(CNCCCCCCNCC(OCC)OCC)cc1. The molecule has 0 radical (unpaired) electrons. The molecule has 0 atom stereocenters. The molecule has 4 nitrogen and oxygen atoms in total. The lowest BCUT2D eigenvalue weighted by Gasteiger charge is -2.17. The maximum atomic E-state index is 5.51. The number of benzene rings is 1. The number of ether oxygens (including phenoxy) is 2. The molecule has 0 spiro atoms. The van der Waals surface area contributed by atoms with Crippen LogP contribution >= 0.6 is 0 Å². The molecule has 0 aliphatic rings. The Kier molecular flexibility index (Phi) is 13.2. The summed E-state index contributed by atoms with van der Waals surface area (Å²) in [5.74, 6) is 0. The van der Waals surface area contributed by atoms with E-state index in [1.54, 1.807) is 0 Å². The van der Waals surface area contributed by atoms with Crippen molar-refractivity contribution in [1.29, 1.82) is 0 Å². The van der Waals surface area contributed by atoms with Crippen LogP contribution in [0.2, 0.25) is 0 Å². The summed E-state index contributed by atoms with van der Waals surface area (Å²) < 4.78 is 11.0. The molecule has 25 heavy (non-hydrogen) atoms. The van der Waals surface area contributed by atoms with Crippen LogP contribution in [0.4, 0.5) is 0 Å². The van der Waals surface area contributed by atoms with Crippen molar-refractivity contribution in [3.05, 3.63) is 42.0 Å². The highest BCUT2D eigenvalue weighted by Crippen LogP contribution is 2.05. The molecule has 0 heterocycles. The molecule has 2 N–H and O–H groups in total. The quantitative estimate of drug-likeness (QED) is 0.350. The van der Waals surface area contributed by atoms with Gasteiger partial charge in [0, 0.05) is 26.3 Å². The topological polar surface area (TPSA) is 42.5 Å². The monoisotopic (exact) mass is 348 g/mol. The highest BCUT2D eigenvalue weighted by Gasteiger charge is 2.06. The Labute approximate surface area is 154 Å². The number of nitrogens with one attached hydrogen (secondary N) is 2. The van der Waals surface area contributed by atoms with Crippen LogP contribution in [0.3, 0.4) is 0 Å². The Morgan fingerprint density at radius 2 is 1.52 bits per heavy atom. The Balaban J connectivity index is 1.92. The van der Waals surface area contributed by atoms with E-state index in [1.165, 1.54) is 36.8 Å². The van der Waals surface area contributed by atoms with E-state index < -0.39 is 0 Å². The zero-order valence-corrected chi connectivity index (χ0v) is 16.1. The maximum Gasteiger partial charge on any atom is 0.169 e. The Morgan fingerprint density at radius 1 is 0.920 bits per heavy atom. The molecule has 1 aromatic rings. The van der Waals surface area contributed by atoms with E-state index in [9.17, 15) is 0 Å². The summed E-state index contributed by atoms with van der Waals surface area (Å²) in [6.45, 7) is 13.0. The van der Waals surface area contributed by atoms with Crippen LogP contribution in [0.15, 0.2) is 30.8 Å². The summed E-state index contributed by atoms with van der Waals surface area (Å²) >= 11 is 0. The van der Waals surface area contributed by atoms with Crippen LogP contribution in [0.1, 0.15) is 50.7 Å². The highest BCUT2D eigenvalue weighted by atomic mass is 16.7. The fourth-order valence-corrected chi connectivity index (χ4v) is 2.62. The summed E-state index contributed by atoms with van der Waals surface area (Å²) in [6.07, 6.45) is 6.72. The van der Waals surface area contributed by atoms with E-state index in [2.05, 4.69) is 41.5 Å². The minimum Gasteiger partial charge on any atom is -0.352 e. The van der Waals surface area contributed by atoms with Crippen LogP contribution in [0, 0.1) is 0 Å². The lowest BCUT2D eigenvalue weighted by atomic mass is 10.1. The summed E-state index contributed by atoms with van der Waals surface area (Å²) in [5.41, 5.74) is 2.50. The second-order valence-electron chi connectivity index (χ2n) is 6.08. The molecule has 0 unspecified atom stereocenters. The average molecular weight is 349 g/mol. The molecular weight excluding hydrogens is 312 g/mol. The van der Waals surface area contributed by atoms with E-state index in [4.69, 9.17) is 9.47 Å². The molecule has 0 saturated heterocycles. The summed E-state index contributed by atoms with van der Waals surface area (Å²) in [4.78, 5) is 0. The van der Waals surface area contributed by atoms with E-state index in [0.717, 1.165) is 26.2 Å². The minimum absolute atomic E-state index is 0.111. The fraction of sp³-hybridized carbons (Fsp3) is 0.619. The van der Waals surface area contributed by atoms with E-state index in [1.807, 2.05) is 19.9 Å². The lowest BCUT2D eigenvalue weighted by Crippen LogP contribution is -2.32. The fourth-order valence-electron chi connectivity index (χ4n) is 2.62. The van der Waals surface area contributed by atoms with Gasteiger partial charge in [-0.25, -0.2) is 0 Å². The van der Waals surface area contributed by atoms with Crippen molar-refractivity contribution in [2.75, 3.05) is 32.8 Å². The zero-order valence-electron chi connectivity index (χ0n) is 16.1. The molecule has 0 fully saturated rings. The van der Waals surface area contributed by atoms with Gasteiger partial charge >= 0.3 is 0 Å². The van der Waals surface area contributed by atoms with E-state index >= 15 is 0 Å². The molecule has 1 aromatic carbocycles. The van der Waals surface area contributed by atoms with Crippen LogP contribution in [-0.2, 0) is 16.0 Å². The molecule has 0 amide bonds.